The Bertz CT molecular complexity index is 641. The van der Waals surface area contributed by atoms with Crippen molar-refractivity contribution < 1.29 is 73.7 Å². The van der Waals surface area contributed by atoms with E-state index in [0.717, 1.165) is 0 Å². The van der Waals surface area contributed by atoms with E-state index in [9.17, 15) is 19.2 Å². The second kappa shape index (κ2) is 30.9. The van der Waals surface area contributed by atoms with Gasteiger partial charge in [0.05, 0.1) is 19.8 Å². The first-order valence-electron chi connectivity index (χ1n) is 10.9. The maximum absolute atomic E-state index is 10.7. The zero-order chi connectivity index (χ0) is 30.6. The van der Waals surface area contributed by atoms with E-state index in [-0.39, 0.29) is 66.6 Å². The van der Waals surface area contributed by atoms with Crippen molar-refractivity contribution in [3.8, 4) is 0 Å². The van der Waals surface area contributed by atoms with Gasteiger partial charge in [0.15, 0.2) is 28.6 Å². The molecule has 0 saturated heterocycles. The molecule has 0 unspecified atom stereocenters. The average Bonchev–Trinajstić information content (AvgIpc) is 2.77. The van der Waals surface area contributed by atoms with E-state index in [2.05, 4.69) is 9.47 Å². The number of hydrogen-bond donors (Lipinski definition) is 4. The van der Waals surface area contributed by atoms with Crippen LogP contribution in [0.15, 0.2) is 0 Å². The van der Waals surface area contributed by atoms with Gasteiger partial charge in [-0.25, -0.2) is 9.59 Å². The molecule has 242 valence electrons. The first kappa shape index (κ1) is 62.5. The summed E-state index contributed by atoms with van der Waals surface area (Å²) < 4.78 is 23.2. The summed E-state index contributed by atoms with van der Waals surface area (Å²) in [6, 6.07) is 0. The van der Waals surface area contributed by atoms with Gasteiger partial charge in [0, 0.05) is 27.9 Å². The van der Waals surface area contributed by atoms with Gasteiger partial charge in [-0.2, -0.15) is 0 Å². The summed E-state index contributed by atoms with van der Waals surface area (Å²) in [5, 5.41) is 8.81. The smallest absolute Gasteiger partial charge is 1.00 e. The van der Waals surface area contributed by atoms with Crippen LogP contribution >= 0.6 is 0 Å². The molecule has 0 rings (SSSR count). The number of ketones is 1. The van der Waals surface area contributed by atoms with Crippen LogP contribution in [0.5, 0.6) is 0 Å². The first-order chi connectivity index (χ1) is 15.9. The van der Waals surface area contributed by atoms with Crippen molar-refractivity contribution in [2.24, 2.45) is 11.5 Å². The molecule has 0 atom stereocenters. The molecule has 0 aromatic heterocycles. The summed E-state index contributed by atoms with van der Waals surface area (Å²) in [6.07, 6.45) is 0. The Hall–Kier alpha value is -1.07. The predicted octanol–water partition coefficient (Wildman–Crippen LogP) is -3.35. The van der Waals surface area contributed by atoms with E-state index in [1.165, 1.54) is 56.1 Å². The Balaban J connectivity index is -0.0000000361. The van der Waals surface area contributed by atoms with Gasteiger partial charge in [-0.15, -0.1) is 0 Å². The minimum Gasteiger partial charge on any atom is -1.00 e. The molecule has 0 saturated carbocycles. The van der Waals surface area contributed by atoms with Crippen LogP contribution in [0.3, 0.4) is 0 Å². The van der Waals surface area contributed by atoms with Crippen LogP contribution in [0, 0.1) is 0 Å². The molecule has 0 aliphatic heterocycles. The van der Waals surface area contributed by atoms with Gasteiger partial charge in [0.2, 0.25) is 5.91 Å². The number of ether oxygens (including phenoxy) is 5. The van der Waals surface area contributed by atoms with E-state index < -0.39 is 28.7 Å². The quantitative estimate of drug-likeness (QED) is 0.165. The molecule has 1 amide bonds. The van der Waals surface area contributed by atoms with Crippen LogP contribution in [0.2, 0.25) is 0 Å². The number of Topliss-reactive ketones (excluding diaryl/α,β-unsaturated/α-hetero) is 1. The van der Waals surface area contributed by atoms with Gasteiger partial charge < -0.3 is 58.1 Å². The van der Waals surface area contributed by atoms with Gasteiger partial charge in [0.1, 0.15) is 11.4 Å². The fourth-order valence-corrected chi connectivity index (χ4v) is 0.763. The molecule has 0 aromatic rings. The largest absolute Gasteiger partial charge is 1.00 e. The van der Waals surface area contributed by atoms with Gasteiger partial charge in [-0.3, -0.25) is 4.79 Å². The first-order valence-corrected chi connectivity index (χ1v) is 10.9. The molecular formula is C24H61AlLiN3O11. The van der Waals surface area contributed by atoms with E-state index in [1.54, 1.807) is 34.8 Å². The van der Waals surface area contributed by atoms with Gasteiger partial charge in [-0.1, -0.05) is 0 Å². The van der Waals surface area contributed by atoms with E-state index in [1.807, 2.05) is 13.8 Å². The number of amides is 1. The summed E-state index contributed by atoms with van der Waals surface area (Å²) >= 11 is 0. The number of nitrogens with two attached hydrogens (primary N) is 2. The van der Waals surface area contributed by atoms with Crippen LogP contribution in [-0.4, -0.2) is 116 Å². The summed E-state index contributed by atoms with van der Waals surface area (Å²) in [5.74, 6) is -1.25. The molecule has 0 heterocycles. The van der Waals surface area contributed by atoms with Crippen LogP contribution in [0.25, 0.3) is 0 Å². The molecule has 0 spiro atoms. The Morgan fingerprint density at radius 2 is 1.00 bits per heavy atom. The van der Waals surface area contributed by atoms with Crippen molar-refractivity contribution in [1.29, 1.82) is 0 Å². The number of primary amides is 1. The Labute approximate surface area is 265 Å². The predicted molar refractivity (Wildman–Crippen MR) is 158 cm³/mol. The van der Waals surface area contributed by atoms with Crippen molar-refractivity contribution in [3.05, 3.63) is 0 Å². The maximum Gasteiger partial charge on any atom is 1.00 e. The van der Waals surface area contributed by atoms with Crippen LogP contribution in [0.4, 0.5) is 0 Å². The number of aliphatic hydroxyl groups is 1. The van der Waals surface area contributed by atoms with Crippen LogP contribution < -0.4 is 36.5 Å². The molecule has 0 aliphatic rings. The van der Waals surface area contributed by atoms with E-state index >= 15 is 0 Å². The minimum absolute atomic E-state index is 0. The third kappa shape index (κ3) is 44.0. The third-order valence-electron chi connectivity index (χ3n) is 4.02. The number of carbonyl (C=O) groups excluding carboxylic acids is 4. The molecular weight excluding hydrogens is 540 g/mol. The molecule has 10 N–H and O–H groups in total. The maximum atomic E-state index is 10.7. The molecule has 14 nitrogen and oxygen atoms in total. The van der Waals surface area contributed by atoms with E-state index in [0.29, 0.717) is 6.54 Å². The molecule has 0 bridgehead atoms. The zero-order valence-electron chi connectivity index (χ0n) is 28.2. The van der Waals surface area contributed by atoms with E-state index in [4.69, 9.17) is 30.8 Å². The Kier molecular flexibility index (Phi) is 48.3. The van der Waals surface area contributed by atoms with Crippen molar-refractivity contribution in [2.45, 2.75) is 91.6 Å². The Morgan fingerprint density at radius 1 is 0.725 bits per heavy atom. The zero-order valence-corrected chi connectivity index (χ0v) is 27.2. The second-order valence-electron chi connectivity index (χ2n) is 9.41. The summed E-state index contributed by atoms with van der Waals surface area (Å²) in [7, 11) is 7.15. The van der Waals surface area contributed by atoms with Crippen molar-refractivity contribution in [1.82, 2.24) is 6.15 Å². The van der Waals surface area contributed by atoms with Gasteiger partial charge in [-0.05, 0) is 69.2 Å². The fraction of sp³-hybridized carbons (Fsp3) is 0.833. The summed E-state index contributed by atoms with van der Waals surface area (Å²) in [4.78, 5) is 40.9. The van der Waals surface area contributed by atoms with Gasteiger partial charge >= 0.3 is 30.8 Å². The van der Waals surface area contributed by atoms with Crippen molar-refractivity contribution in [3.63, 3.8) is 0 Å². The number of hydrogen-bond acceptors (Lipinski definition) is 12. The standard InChI is InChI=1S/C6H12O3.C5H11NO2.C5H13NO.C5H10O3.C3H6O.Al.Li.H3N.H2O.4H/c1-6(2,9-4)5(7)8-3;1-5(2,8-3)4(6)7;1-5(2,4-6)7-3;1-5(2,7)4(6)8-3;1-3(2)4;;;;;;;;/h1-4H3;1-3H3,(H2,6,7);4,6H2,1-3H3;7H,1-3H3;1-2H3;;;1H3;1H2;;;;/q;;;;;;+1;;;;;;-1. The average molecular weight is 602 g/mol. The summed E-state index contributed by atoms with van der Waals surface area (Å²) in [6.45, 7) is 16.8. The minimum atomic E-state index is -1.35. The molecule has 0 radical (unpaired) electrons. The Morgan fingerprint density at radius 3 is 1.02 bits per heavy atom. The monoisotopic (exact) mass is 601 g/mol. The van der Waals surface area contributed by atoms with Gasteiger partial charge in [0.25, 0.3) is 0 Å². The molecule has 0 aromatic carbocycles. The number of methoxy groups -OCH3 is 5. The molecule has 0 fully saturated rings. The van der Waals surface area contributed by atoms with Crippen molar-refractivity contribution in [2.75, 3.05) is 42.1 Å². The number of esters is 2. The molecule has 16 heteroatoms. The molecule has 0 aliphatic carbocycles. The van der Waals surface area contributed by atoms with Crippen LogP contribution in [-0.2, 0) is 42.9 Å². The SMILES string of the molecule is CC(C)=O.COC(=O)C(C)(C)O.COC(=O)C(C)(C)OC.COC(C)(C)C(N)=O.COC(C)(C)CN.N.O.[AlH3].[H-].[Li+]. The fourth-order valence-electron chi connectivity index (χ4n) is 0.763. The normalized spacial score (nSPS) is 9.72. The van der Waals surface area contributed by atoms with Crippen molar-refractivity contribution >= 4 is 41.0 Å². The number of carbonyl (C=O) groups is 4. The number of rotatable bonds is 7. The second-order valence-corrected chi connectivity index (χ2v) is 9.41. The topological polar surface area (TPSA) is 253 Å². The van der Waals surface area contributed by atoms with Crippen LogP contribution in [0.1, 0.15) is 70.7 Å². The summed E-state index contributed by atoms with van der Waals surface area (Å²) in [5.41, 5.74) is 7.09. The third-order valence-corrected chi connectivity index (χ3v) is 4.02. The molecule has 40 heavy (non-hydrogen) atoms.